The van der Waals surface area contributed by atoms with Gasteiger partial charge in [0.25, 0.3) is 5.91 Å². The van der Waals surface area contributed by atoms with E-state index >= 15 is 0 Å². The third kappa shape index (κ3) is 3.46. The second-order valence-electron chi connectivity index (χ2n) is 6.94. The van der Waals surface area contributed by atoms with Crippen LogP contribution in [0, 0.1) is 5.92 Å². The molecule has 1 fully saturated rings. The molecular formula is C20H23N5O. The fourth-order valence-corrected chi connectivity index (χ4v) is 3.67. The van der Waals surface area contributed by atoms with Gasteiger partial charge in [0.1, 0.15) is 0 Å². The summed E-state index contributed by atoms with van der Waals surface area (Å²) in [7, 11) is 1.87. The van der Waals surface area contributed by atoms with Crippen molar-refractivity contribution < 1.29 is 4.79 Å². The highest BCUT2D eigenvalue weighted by atomic mass is 16.1. The summed E-state index contributed by atoms with van der Waals surface area (Å²) in [6, 6.07) is 11.9. The predicted octanol–water partition coefficient (Wildman–Crippen LogP) is 2.22. The highest BCUT2D eigenvalue weighted by Crippen LogP contribution is 2.19. The van der Waals surface area contributed by atoms with E-state index in [2.05, 4.69) is 32.4 Å². The number of benzene rings is 1. The first-order valence-corrected chi connectivity index (χ1v) is 9.02. The molecule has 134 valence electrons. The van der Waals surface area contributed by atoms with Crippen LogP contribution in [0.15, 0.2) is 48.8 Å². The lowest BCUT2D eigenvalue weighted by Crippen LogP contribution is -2.31. The molecule has 3 aromatic rings. The average Bonchev–Trinajstić information content (AvgIpc) is 3.25. The van der Waals surface area contributed by atoms with Crippen LogP contribution in [0.25, 0.3) is 10.9 Å². The molecule has 1 amide bonds. The van der Waals surface area contributed by atoms with Crippen molar-refractivity contribution >= 4 is 16.8 Å². The number of carbonyl (C=O) groups excluding carboxylic acids is 1. The first kappa shape index (κ1) is 16.7. The second-order valence-corrected chi connectivity index (χ2v) is 6.94. The highest BCUT2D eigenvalue weighted by Gasteiger charge is 2.24. The van der Waals surface area contributed by atoms with Crippen molar-refractivity contribution in [1.29, 1.82) is 0 Å². The summed E-state index contributed by atoms with van der Waals surface area (Å²) in [5.74, 6) is 0.394. The van der Waals surface area contributed by atoms with Crippen LogP contribution in [-0.4, -0.2) is 45.2 Å². The van der Waals surface area contributed by atoms with Crippen molar-refractivity contribution in [2.24, 2.45) is 13.0 Å². The van der Waals surface area contributed by atoms with E-state index in [1.165, 1.54) is 5.56 Å². The average molecular weight is 349 g/mol. The van der Waals surface area contributed by atoms with E-state index in [0.29, 0.717) is 18.2 Å². The lowest BCUT2D eigenvalue weighted by molar-refractivity contribution is 0.0943. The van der Waals surface area contributed by atoms with Crippen molar-refractivity contribution in [3.8, 4) is 0 Å². The van der Waals surface area contributed by atoms with Gasteiger partial charge in [-0.3, -0.25) is 19.4 Å². The number of hydrogen-bond donors (Lipinski definition) is 1. The number of pyridine rings is 1. The number of aryl methyl sites for hydroxylation is 1. The monoisotopic (exact) mass is 349 g/mol. The summed E-state index contributed by atoms with van der Waals surface area (Å²) in [4.78, 5) is 19.1. The molecule has 1 aliphatic rings. The Bertz CT molecular complexity index is 905. The van der Waals surface area contributed by atoms with E-state index < -0.39 is 0 Å². The Morgan fingerprint density at radius 3 is 2.88 bits per heavy atom. The van der Waals surface area contributed by atoms with Gasteiger partial charge < -0.3 is 5.32 Å². The highest BCUT2D eigenvalue weighted by molar-refractivity contribution is 6.04. The number of likely N-dealkylation sites (tertiary alicyclic amines) is 1. The van der Waals surface area contributed by atoms with Gasteiger partial charge in [-0.15, -0.1) is 0 Å². The van der Waals surface area contributed by atoms with E-state index in [1.54, 1.807) is 4.68 Å². The standard InChI is InChI=1S/C20H23N5O/c1-24-18-5-3-2-4-17(18)19(23-24)20(26)22-12-16-8-11-25(14-16)13-15-6-9-21-10-7-15/h2-7,9-10,16H,8,11-14H2,1H3,(H,22,26)/t16-/m0/s1. The first-order valence-electron chi connectivity index (χ1n) is 9.02. The summed E-state index contributed by atoms with van der Waals surface area (Å²) < 4.78 is 1.76. The molecule has 1 saturated heterocycles. The Kier molecular flexibility index (Phi) is 4.67. The van der Waals surface area contributed by atoms with Gasteiger partial charge in [-0.05, 0) is 42.6 Å². The van der Waals surface area contributed by atoms with Crippen LogP contribution in [0.2, 0.25) is 0 Å². The van der Waals surface area contributed by atoms with E-state index in [0.717, 1.165) is 37.0 Å². The fraction of sp³-hybridized carbons (Fsp3) is 0.350. The summed E-state index contributed by atoms with van der Waals surface area (Å²) in [6.07, 6.45) is 4.77. The number of amides is 1. The third-order valence-electron chi connectivity index (χ3n) is 5.05. The molecule has 0 bridgehead atoms. The van der Waals surface area contributed by atoms with Crippen molar-refractivity contribution in [3.05, 3.63) is 60.0 Å². The number of carbonyl (C=O) groups is 1. The van der Waals surface area contributed by atoms with E-state index in [4.69, 9.17) is 0 Å². The molecule has 1 aliphatic heterocycles. The van der Waals surface area contributed by atoms with Gasteiger partial charge in [-0.2, -0.15) is 5.10 Å². The van der Waals surface area contributed by atoms with Gasteiger partial charge in [0.15, 0.2) is 5.69 Å². The number of nitrogens with one attached hydrogen (secondary N) is 1. The Hall–Kier alpha value is -2.73. The Labute approximate surface area is 152 Å². The minimum Gasteiger partial charge on any atom is -0.350 e. The molecule has 6 heteroatoms. The molecule has 4 rings (SSSR count). The molecule has 0 unspecified atom stereocenters. The molecule has 6 nitrogen and oxygen atoms in total. The van der Waals surface area contributed by atoms with Gasteiger partial charge >= 0.3 is 0 Å². The first-order chi connectivity index (χ1) is 12.7. The van der Waals surface area contributed by atoms with E-state index in [-0.39, 0.29) is 5.91 Å². The van der Waals surface area contributed by atoms with Crippen LogP contribution >= 0.6 is 0 Å². The van der Waals surface area contributed by atoms with Crippen LogP contribution in [0.4, 0.5) is 0 Å². The molecule has 0 saturated carbocycles. The molecule has 0 radical (unpaired) electrons. The van der Waals surface area contributed by atoms with Crippen molar-refractivity contribution in [2.75, 3.05) is 19.6 Å². The minimum atomic E-state index is -0.0885. The molecule has 1 N–H and O–H groups in total. The van der Waals surface area contributed by atoms with Gasteiger partial charge in [0.05, 0.1) is 5.52 Å². The maximum Gasteiger partial charge on any atom is 0.272 e. The zero-order valence-electron chi connectivity index (χ0n) is 14.9. The van der Waals surface area contributed by atoms with E-state index in [9.17, 15) is 4.79 Å². The SMILES string of the molecule is Cn1nc(C(=O)NC[C@@H]2CCN(Cc3ccncc3)C2)c2ccccc21. The number of para-hydroxylation sites is 1. The predicted molar refractivity (Wildman–Crippen MR) is 101 cm³/mol. The molecule has 1 aromatic carbocycles. The number of rotatable bonds is 5. The lowest BCUT2D eigenvalue weighted by atomic mass is 10.1. The Balaban J connectivity index is 1.33. The van der Waals surface area contributed by atoms with Crippen LogP contribution in [0.3, 0.4) is 0 Å². The van der Waals surface area contributed by atoms with Crippen LogP contribution in [-0.2, 0) is 13.6 Å². The number of hydrogen-bond acceptors (Lipinski definition) is 4. The molecule has 3 heterocycles. The van der Waals surface area contributed by atoms with Crippen molar-refractivity contribution in [1.82, 2.24) is 25.0 Å². The topological polar surface area (TPSA) is 63.1 Å². The molecular weight excluding hydrogens is 326 g/mol. The molecule has 26 heavy (non-hydrogen) atoms. The summed E-state index contributed by atoms with van der Waals surface area (Å²) in [5.41, 5.74) is 2.77. The maximum absolute atomic E-state index is 12.6. The minimum absolute atomic E-state index is 0.0885. The normalized spacial score (nSPS) is 17.7. The zero-order valence-corrected chi connectivity index (χ0v) is 14.9. The number of aromatic nitrogens is 3. The molecule has 0 aliphatic carbocycles. The van der Waals surface area contributed by atoms with Crippen molar-refractivity contribution in [3.63, 3.8) is 0 Å². The molecule has 2 aromatic heterocycles. The Morgan fingerprint density at radius 1 is 1.23 bits per heavy atom. The zero-order chi connectivity index (χ0) is 17.9. The Morgan fingerprint density at radius 2 is 2.04 bits per heavy atom. The summed E-state index contributed by atoms with van der Waals surface area (Å²) >= 11 is 0. The van der Waals surface area contributed by atoms with E-state index in [1.807, 2.05) is 43.7 Å². The molecule has 1 atom stereocenters. The lowest BCUT2D eigenvalue weighted by Gasteiger charge is -2.16. The van der Waals surface area contributed by atoms with Gasteiger partial charge in [-0.1, -0.05) is 18.2 Å². The van der Waals surface area contributed by atoms with Crippen molar-refractivity contribution in [2.45, 2.75) is 13.0 Å². The van der Waals surface area contributed by atoms with Gasteiger partial charge in [-0.25, -0.2) is 0 Å². The van der Waals surface area contributed by atoms with Crippen LogP contribution in [0.1, 0.15) is 22.5 Å². The summed E-state index contributed by atoms with van der Waals surface area (Å²) in [6.45, 7) is 3.70. The summed E-state index contributed by atoms with van der Waals surface area (Å²) in [5, 5.41) is 8.37. The number of fused-ring (bicyclic) bond motifs is 1. The third-order valence-corrected chi connectivity index (χ3v) is 5.05. The second kappa shape index (κ2) is 7.25. The maximum atomic E-state index is 12.6. The molecule has 0 spiro atoms. The van der Waals surface area contributed by atoms with Gasteiger partial charge in [0.2, 0.25) is 0 Å². The van der Waals surface area contributed by atoms with Crippen LogP contribution in [0.5, 0.6) is 0 Å². The van der Waals surface area contributed by atoms with Gasteiger partial charge in [0, 0.05) is 44.5 Å². The fourth-order valence-electron chi connectivity index (χ4n) is 3.67. The quantitative estimate of drug-likeness (QED) is 0.767. The number of nitrogens with zero attached hydrogens (tertiary/aromatic N) is 4. The smallest absolute Gasteiger partial charge is 0.272 e. The van der Waals surface area contributed by atoms with Crippen LogP contribution < -0.4 is 5.32 Å². The largest absolute Gasteiger partial charge is 0.350 e.